The molecule has 0 aliphatic carbocycles. The predicted molar refractivity (Wildman–Crippen MR) is 104 cm³/mol. The molecule has 0 bridgehead atoms. The van der Waals surface area contributed by atoms with Gasteiger partial charge in [-0.25, -0.2) is 4.39 Å². The van der Waals surface area contributed by atoms with E-state index in [9.17, 15) is 9.18 Å². The van der Waals surface area contributed by atoms with Crippen LogP contribution in [0.15, 0.2) is 48.5 Å². The Hall–Kier alpha value is -2.60. The summed E-state index contributed by atoms with van der Waals surface area (Å²) in [6.45, 7) is 5.76. The zero-order valence-electron chi connectivity index (χ0n) is 15.8. The SMILES string of the molecule is COc1ccc(N2CCN([C@H](C)C(=O)NCc3ccc(F)cc3)CC2)cc1. The topological polar surface area (TPSA) is 44.8 Å². The quantitative estimate of drug-likeness (QED) is 0.848. The molecule has 0 aromatic heterocycles. The number of ether oxygens (including phenoxy) is 1. The fourth-order valence-corrected chi connectivity index (χ4v) is 3.27. The number of carbonyl (C=O) groups excluding carboxylic acids is 1. The first-order valence-corrected chi connectivity index (χ1v) is 9.22. The summed E-state index contributed by atoms with van der Waals surface area (Å²) in [6.07, 6.45) is 0. The molecule has 1 atom stereocenters. The summed E-state index contributed by atoms with van der Waals surface area (Å²) in [4.78, 5) is 17.0. The Labute approximate surface area is 159 Å². The number of anilines is 1. The van der Waals surface area contributed by atoms with Crippen LogP contribution >= 0.6 is 0 Å². The van der Waals surface area contributed by atoms with E-state index >= 15 is 0 Å². The van der Waals surface area contributed by atoms with Gasteiger partial charge >= 0.3 is 0 Å². The number of hydrogen-bond donors (Lipinski definition) is 1. The monoisotopic (exact) mass is 371 g/mol. The Morgan fingerprint density at radius 2 is 1.70 bits per heavy atom. The van der Waals surface area contributed by atoms with Gasteiger partial charge in [-0.15, -0.1) is 0 Å². The molecule has 3 rings (SSSR count). The number of nitrogens with zero attached hydrogens (tertiary/aromatic N) is 2. The molecule has 1 saturated heterocycles. The van der Waals surface area contributed by atoms with Gasteiger partial charge in [0.15, 0.2) is 0 Å². The van der Waals surface area contributed by atoms with Crippen molar-refractivity contribution in [3.63, 3.8) is 0 Å². The third kappa shape index (κ3) is 4.98. The van der Waals surface area contributed by atoms with E-state index in [0.717, 1.165) is 37.5 Å². The maximum absolute atomic E-state index is 12.9. The minimum Gasteiger partial charge on any atom is -0.497 e. The normalized spacial score (nSPS) is 16.0. The van der Waals surface area contributed by atoms with Crippen molar-refractivity contribution in [2.45, 2.75) is 19.5 Å². The molecule has 144 valence electrons. The zero-order valence-corrected chi connectivity index (χ0v) is 15.8. The first-order chi connectivity index (χ1) is 13.1. The Balaban J connectivity index is 1.47. The molecule has 0 spiro atoms. The minimum atomic E-state index is -0.270. The number of nitrogens with one attached hydrogen (secondary N) is 1. The highest BCUT2D eigenvalue weighted by atomic mass is 19.1. The van der Waals surface area contributed by atoms with Crippen LogP contribution in [0.5, 0.6) is 5.75 Å². The second kappa shape index (κ2) is 8.86. The fourth-order valence-electron chi connectivity index (χ4n) is 3.27. The van der Waals surface area contributed by atoms with E-state index < -0.39 is 0 Å². The maximum atomic E-state index is 12.9. The van der Waals surface area contributed by atoms with Crippen LogP contribution < -0.4 is 15.0 Å². The molecule has 1 aliphatic heterocycles. The minimum absolute atomic E-state index is 0.00257. The number of amides is 1. The van der Waals surface area contributed by atoms with Gasteiger partial charge in [0, 0.05) is 38.4 Å². The third-order valence-corrected chi connectivity index (χ3v) is 5.06. The summed E-state index contributed by atoms with van der Waals surface area (Å²) in [5.74, 6) is 0.578. The Kier molecular flexibility index (Phi) is 6.29. The lowest BCUT2D eigenvalue weighted by molar-refractivity contribution is -0.126. The number of rotatable bonds is 6. The van der Waals surface area contributed by atoms with Gasteiger partial charge in [-0.2, -0.15) is 0 Å². The Morgan fingerprint density at radius 3 is 2.30 bits per heavy atom. The molecule has 1 amide bonds. The van der Waals surface area contributed by atoms with Crippen LogP contribution in [0.4, 0.5) is 10.1 Å². The number of benzene rings is 2. The van der Waals surface area contributed by atoms with Crippen LogP contribution in [-0.2, 0) is 11.3 Å². The van der Waals surface area contributed by atoms with Crippen LogP contribution in [-0.4, -0.2) is 50.1 Å². The van der Waals surface area contributed by atoms with Crippen molar-refractivity contribution in [3.8, 4) is 5.75 Å². The smallest absolute Gasteiger partial charge is 0.237 e. The molecule has 1 N–H and O–H groups in total. The summed E-state index contributed by atoms with van der Waals surface area (Å²) < 4.78 is 18.1. The van der Waals surface area contributed by atoms with Crippen molar-refractivity contribution in [2.75, 3.05) is 38.2 Å². The van der Waals surface area contributed by atoms with Gasteiger partial charge in [-0.05, 0) is 48.9 Å². The molecule has 6 heteroatoms. The van der Waals surface area contributed by atoms with E-state index in [1.54, 1.807) is 19.2 Å². The molecule has 2 aromatic rings. The average molecular weight is 371 g/mol. The lowest BCUT2D eigenvalue weighted by atomic mass is 10.1. The number of methoxy groups -OCH3 is 1. The van der Waals surface area contributed by atoms with E-state index in [2.05, 4.69) is 27.2 Å². The molecule has 5 nitrogen and oxygen atoms in total. The van der Waals surface area contributed by atoms with Crippen LogP contribution in [0.25, 0.3) is 0 Å². The third-order valence-electron chi connectivity index (χ3n) is 5.06. The van der Waals surface area contributed by atoms with E-state index in [1.165, 1.54) is 17.8 Å². The fraction of sp³-hybridized carbons (Fsp3) is 0.381. The van der Waals surface area contributed by atoms with Crippen LogP contribution in [0, 0.1) is 5.82 Å². The van der Waals surface area contributed by atoms with Crippen LogP contribution in [0.1, 0.15) is 12.5 Å². The molecule has 2 aromatic carbocycles. The lowest BCUT2D eigenvalue weighted by Gasteiger charge is -2.38. The highest BCUT2D eigenvalue weighted by molar-refractivity contribution is 5.81. The maximum Gasteiger partial charge on any atom is 0.237 e. The Morgan fingerprint density at radius 1 is 1.07 bits per heavy atom. The van der Waals surface area contributed by atoms with Crippen molar-refractivity contribution in [1.82, 2.24) is 10.2 Å². The first-order valence-electron chi connectivity index (χ1n) is 9.22. The van der Waals surface area contributed by atoms with Gasteiger partial charge in [-0.3, -0.25) is 9.69 Å². The van der Waals surface area contributed by atoms with Crippen molar-refractivity contribution in [2.24, 2.45) is 0 Å². The van der Waals surface area contributed by atoms with Gasteiger partial charge in [0.2, 0.25) is 5.91 Å². The summed E-state index contributed by atoms with van der Waals surface area (Å²) >= 11 is 0. The number of carbonyl (C=O) groups is 1. The van der Waals surface area contributed by atoms with E-state index in [-0.39, 0.29) is 17.8 Å². The molecule has 1 heterocycles. The number of piperazine rings is 1. The van der Waals surface area contributed by atoms with E-state index in [0.29, 0.717) is 6.54 Å². The van der Waals surface area contributed by atoms with Crippen molar-refractivity contribution in [1.29, 1.82) is 0 Å². The van der Waals surface area contributed by atoms with Gasteiger partial charge in [0.05, 0.1) is 13.2 Å². The molecular formula is C21H26FN3O2. The second-order valence-electron chi connectivity index (χ2n) is 6.74. The van der Waals surface area contributed by atoms with E-state index in [1.807, 2.05) is 19.1 Å². The molecular weight excluding hydrogens is 345 g/mol. The Bertz CT molecular complexity index is 741. The van der Waals surface area contributed by atoms with Crippen LogP contribution in [0.2, 0.25) is 0 Å². The first kappa shape index (κ1) is 19.2. The molecule has 27 heavy (non-hydrogen) atoms. The van der Waals surface area contributed by atoms with Gasteiger partial charge in [0.1, 0.15) is 11.6 Å². The van der Waals surface area contributed by atoms with Crippen molar-refractivity contribution in [3.05, 3.63) is 59.9 Å². The van der Waals surface area contributed by atoms with Gasteiger partial charge < -0.3 is 15.0 Å². The number of halogens is 1. The summed E-state index contributed by atoms with van der Waals surface area (Å²) in [5.41, 5.74) is 2.06. The standard InChI is InChI=1S/C21H26FN3O2/c1-16(21(26)23-15-17-3-5-18(22)6-4-17)24-11-13-25(14-12-24)19-7-9-20(27-2)10-8-19/h3-10,16H,11-15H2,1-2H3,(H,23,26)/t16-/m1/s1. The summed E-state index contributed by atoms with van der Waals surface area (Å²) in [5, 5.41) is 2.94. The van der Waals surface area contributed by atoms with E-state index in [4.69, 9.17) is 4.74 Å². The molecule has 0 radical (unpaired) electrons. The summed E-state index contributed by atoms with van der Waals surface area (Å²) in [7, 11) is 1.66. The van der Waals surface area contributed by atoms with Crippen LogP contribution in [0.3, 0.4) is 0 Å². The zero-order chi connectivity index (χ0) is 19.2. The molecule has 1 aliphatic rings. The largest absolute Gasteiger partial charge is 0.497 e. The highest BCUT2D eigenvalue weighted by Gasteiger charge is 2.25. The number of hydrogen-bond acceptors (Lipinski definition) is 4. The second-order valence-corrected chi connectivity index (χ2v) is 6.74. The van der Waals surface area contributed by atoms with Gasteiger partial charge in [-0.1, -0.05) is 12.1 Å². The molecule has 0 saturated carbocycles. The average Bonchev–Trinajstić information content (AvgIpc) is 2.73. The lowest BCUT2D eigenvalue weighted by Crippen LogP contribution is -2.53. The summed E-state index contributed by atoms with van der Waals surface area (Å²) in [6, 6.07) is 14.1. The van der Waals surface area contributed by atoms with Crippen molar-refractivity contribution >= 4 is 11.6 Å². The predicted octanol–water partition coefficient (Wildman–Crippen LogP) is 2.66. The van der Waals surface area contributed by atoms with Gasteiger partial charge in [0.25, 0.3) is 0 Å². The molecule has 1 fully saturated rings. The van der Waals surface area contributed by atoms with Crippen molar-refractivity contribution < 1.29 is 13.9 Å². The highest BCUT2D eigenvalue weighted by Crippen LogP contribution is 2.21. The molecule has 0 unspecified atom stereocenters.